The molecule has 0 atom stereocenters. The van der Waals surface area contributed by atoms with Gasteiger partial charge in [0.2, 0.25) is 0 Å². The van der Waals surface area contributed by atoms with Crippen molar-refractivity contribution in [2.24, 2.45) is 0 Å². The van der Waals surface area contributed by atoms with Crippen molar-refractivity contribution in [2.45, 2.75) is 26.0 Å². The molecule has 7 nitrogen and oxygen atoms in total. The maximum Gasteiger partial charge on any atom is 0.354 e. The van der Waals surface area contributed by atoms with Gasteiger partial charge in [0.05, 0.1) is 18.4 Å². The fourth-order valence-corrected chi connectivity index (χ4v) is 3.05. The highest BCUT2D eigenvalue weighted by atomic mass is 35.5. The fourth-order valence-electron chi connectivity index (χ4n) is 2.93. The number of hydrogen-bond donors (Lipinski definition) is 1. The first-order valence-corrected chi connectivity index (χ1v) is 10.1. The summed E-state index contributed by atoms with van der Waals surface area (Å²) in [6, 6.07) is 14.5. The Bertz CT molecular complexity index is 1090. The molecule has 3 aromatic rings. The van der Waals surface area contributed by atoms with E-state index in [9.17, 15) is 9.90 Å². The Kier molecular flexibility index (Phi) is 6.87. The van der Waals surface area contributed by atoms with E-state index in [1.165, 1.54) is 11.7 Å². The largest absolute Gasteiger partial charge is 0.493 e. The summed E-state index contributed by atoms with van der Waals surface area (Å²) in [5.74, 6) is 1.50. The monoisotopic (exact) mass is 443 g/mol. The molecule has 0 unspecified atom stereocenters. The summed E-state index contributed by atoms with van der Waals surface area (Å²) < 4.78 is 12.5. The molecule has 0 saturated carbocycles. The molecule has 0 aliphatic heterocycles. The molecule has 1 N–H and O–H groups in total. The molecule has 0 spiro atoms. The Balaban J connectivity index is 1.80. The number of benzene rings is 2. The molecule has 2 aromatic carbocycles. The molecule has 1 heterocycles. The van der Waals surface area contributed by atoms with Gasteiger partial charge < -0.3 is 19.5 Å². The normalized spacial score (nSPS) is 11.3. The van der Waals surface area contributed by atoms with Crippen LogP contribution in [0, 0.1) is 0 Å². The van der Waals surface area contributed by atoms with E-state index >= 15 is 0 Å². The van der Waals surface area contributed by atoms with Crippen molar-refractivity contribution in [3.8, 4) is 17.2 Å². The van der Waals surface area contributed by atoms with Crippen molar-refractivity contribution in [1.82, 2.24) is 9.55 Å². The van der Waals surface area contributed by atoms with Crippen molar-refractivity contribution in [3.63, 3.8) is 0 Å². The standard InChI is InChI=1S/C23H26ClN3O4/c1-23(2,29)15-31-19-10-9-18(13-20(19)30-4)27-12-11-21(25-22(27)28)26(3)14-16-5-7-17(24)8-6-16/h5-13,29H,14-15H2,1-4H3. The van der Waals surface area contributed by atoms with Gasteiger partial charge in [-0.2, -0.15) is 4.98 Å². The van der Waals surface area contributed by atoms with Gasteiger partial charge in [-0.15, -0.1) is 0 Å². The van der Waals surface area contributed by atoms with Crippen molar-refractivity contribution in [1.29, 1.82) is 0 Å². The molecule has 0 radical (unpaired) electrons. The highest BCUT2D eigenvalue weighted by Gasteiger charge is 2.16. The molecule has 0 aliphatic carbocycles. The van der Waals surface area contributed by atoms with Gasteiger partial charge in [0.15, 0.2) is 11.5 Å². The average molecular weight is 444 g/mol. The Morgan fingerprint density at radius 1 is 1.13 bits per heavy atom. The van der Waals surface area contributed by atoms with Gasteiger partial charge in [-0.1, -0.05) is 23.7 Å². The minimum atomic E-state index is -0.974. The molecule has 1 aromatic heterocycles. The minimum absolute atomic E-state index is 0.110. The molecule has 3 rings (SSSR count). The molecular weight excluding hydrogens is 418 g/mol. The van der Waals surface area contributed by atoms with Gasteiger partial charge in [-0.25, -0.2) is 4.79 Å². The minimum Gasteiger partial charge on any atom is -0.493 e. The second kappa shape index (κ2) is 9.41. The predicted molar refractivity (Wildman–Crippen MR) is 122 cm³/mol. The van der Waals surface area contributed by atoms with E-state index in [0.29, 0.717) is 34.6 Å². The SMILES string of the molecule is COc1cc(-n2ccc(N(C)Cc3ccc(Cl)cc3)nc2=O)ccc1OCC(C)(C)O. The maximum atomic E-state index is 12.7. The number of aromatic nitrogens is 2. The highest BCUT2D eigenvalue weighted by Crippen LogP contribution is 2.30. The summed E-state index contributed by atoms with van der Waals surface area (Å²) in [5.41, 5.74) is 0.270. The van der Waals surface area contributed by atoms with Crippen LogP contribution in [-0.2, 0) is 6.54 Å². The van der Waals surface area contributed by atoms with E-state index in [-0.39, 0.29) is 6.61 Å². The molecule has 0 saturated heterocycles. The van der Waals surface area contributed by atoms with Crippen molar-refractivity contribution in [2.75, 3.05) is 25.7 Å². The lowest BCUT2D eigenvalue weighted by molar-refractivity contribution is 0.0276. The highest BCUT2D eigenvalue weighted by molar-refractivity contribution is 6.30. The van der Waals surface area contributed by atoms with E-state index in [1.807, 2.05) is 36.2 Å². The quantitative estimate of drug-likeness (QED) is 0.572. The second-order valence-corrected chi connectivity index (χ2v) is 8.29. The Hall–Kier alpha value is -3.03. The Morgan fingerprint density at radius 3 is 2.45 bits per heavy atom. The molecule has 8 heteroatoms. The van der Waals surface area contributed by atoms with Crippen LogP contribution in [0.15, 0.2) is 59.5 Å². The van der Waals surface area contributed by atoms with Gasteiger partial charge in [-0.05, 0) is 49.7 Å². The van der Waals surface area contributed by atoms with Crippen LogP contribution < -0.4 is 20.1 Å². The van der Waals surface area contributed by atoms with Gasteiger partial charge in [0, 0.05) is 30.9 Å². The zero-order valence-corrected chi connectivity index (χ0v) is 18.8. The second-order valence-electron chi connectivity index (χ2n) is 7.86. The lowest BCUT2D eigenvalue weighted by Gasteiger charge is -2.20. The van der Waals surface area contributed by atoms with Gasteiger partial charge in [0.1, 0.15) is 12.4 Å². The number of halogens is 1. The number of ether oxygens (including phenoxy) is 2. The summed E-state index contributed by atoms with van der Waals surface area (Å²) in [5, 5.41) is 10.5. The summed E-state index contributed by atoms with van der Waals surface area (Å²) in [6.07, 6.45) is 1.68. The van der Waals surface area contributed by atoms with Crippen molar-refractivity contribution in [3.05, 3.63) is 75.8 Å². The fraction of sp³-hybridized carbons (Fsp3) is 0.304. The summed E-state index contributed by atoms with van der Waals surface area (Å²) >= 11 is 5.93. The third kappa shape index (κ3) is 5.99. The molecule has 0 fully saturated rings. The van der Waals surface area contributed by atoms with Crippen molar-refractivity contribution < 1.29 is 14.6 Å². The molecule has 0 aliphatic rings. The Morgan fingerprint density at radius 2 is 1.84 bits per heavy atom. The molecular formula is C23H26ClN3O4. The average Bonchev–Trinajstić information content (AvgIpc) is 2.73. The van der Waals surface area contributed by atoms with Crippen LogP contribution in [-0.4, -0.2) is 41.0 Å². The molecule has 31 heavy (non-hydrogen) atoms. The first kappa shape index (κ1) is 22.7. The Labute approximate surface area is 186 Å². The van der Waals surface area contributed by atoms with E-state index in [0.717, 1.165) is 5.56 Å². The summed E-state index contributed by atoms with van der Waals surface area (Å²) in [4.78, 5) is 18.8. The predicted octanol–water partition coefficient (Wildman–Crippen LogP) is 3.68. The van der Waals surface area contributed by atoms with Gasteiger partial charge in [0.25, 0.3) is 0 Å². The number of aliphatic hydroxyl groups is 1. The molecule has 164 valence electrons. The maximum absolute atomic E-state index is 12.7. The van der Waals surface area contributed by atoms with E-state index < -0.39 is 11.3 Å². The lowest BCUT2D eigenvalue weighted by atomic mass is 10.2. The number of hydrogen-bond acceptors (Lipinski definition) is 6. The van der Waals surface area contributed by atoms with Crippen molar-refractivity contribution >= 4 is 17.4 Å². The smallest absolute Gasteiger partial charge is 0.354 e. The number of nitrogens with zero attached hydrogens (tertiary/aromatic N) is 3. The number of anilines is 1. The topological polar surface area (TPSA) is 76.8 Å². The van der Waals surface area contributed by atoms with Crippen LogP contribution in [0.1, 0.15) is 19.4 Å². The van der Waals surface area contributed by atoms with Gasteiger partial charge >= 0.3 is 5.69 Å². The van der Waals surface area contributed by atoms with Crippen LogP contribution in [0.3, 0.4) is 0 Å². The van der Waals surface area contributed by atoms with Crippen LogP contribution in [0.25, 0.3) is 5.69 Å². The van der Waals surface area contributed by atoms with Crippen LogP contribution >= 0.6 is 11.6 Å². The number of rotatable bonds is 8. The first-order valence-electron chi connectivity index (χ1n) is 9.75. The van der Waals surface area contributed by atoms with E-state index in [4.69, 9.17) is 21.1 Å². The van der Waals surface area contributed by atoms with Crippen LogP contribution in [0.4, 0.5) is 5.82 Å². The van der Waals surface area contributed by atoms with Crippen LogP contribution in [0.2, 0.25) is 5.02 Å². The molecule has 0 amide bonds. The van der Waals surface area contributed by atoms with Gasteiger partial charge in [-0.3, -0.25) is 4.57 Å². The lowest BCUT2D eigenvalue weighted by Crippen LogP contribution is -2.28. The third-order valence-electron chi connectivity index (χ3n) is 4.52. The van der Waals surface area contributed by atoms with Crippen LogP contribution in [0.5, 0.6) is 11.5 Å². The summed E-state index contributed by atoms with van der Waals surface area (Å²) in [7, 11) is 3.39. The van der Waals surface area contributed by atoms with E-state index in [2.05, 4.69) is 4.98 Å². The summed E-state index contributed by atoms with van der Waals surface area (Å²) in [6.45, 7) is 4.02. The third-order valence-corrected chi connectivity index (χ3v) is 4.77. The zero-order valence-electron chi connectivity index (χ0n) is 18.0. The zero-order chi connectivity index (χ0) is 22.6. The molecule has 0 bridgehead atoms. The van der Waals surface area contributed by atoms with E-state index in [1.54, 1.807) is 44.3 Å². The number of methoxy groups -OCH3 is 1. The first-order chi connectivity index (χ1) is 14.7.